The van der Waals surface area contributed by atoms with Crippen LogP contribution >= 0.6 is 0 Å². The zero-order chi connectivity index (χ0) is 19.2. The third-order valence-corrected chi connectivity index (χ3v) is 4.20. The van der Waals surface area contributed by atoms with E-state index in [1.165, 1.54) is 11.6 Å². The van der Waals surface area contributed by atoms with Gasteiger partial charge in [0.1, 0.15) is 11.6 Å². The number of amides is 1. The fraction of sp³-hybridized carbons (Fsp3) is 0.182. The van der Waals surface area contributed by atoms with Crippen molar-refractivity contribution in [3.8, 4) is 0 Å². The highest BCUT2D eigenvalue weighted by atomic mass is 19.1. The SMILES string of the molecule is CC(C)c1ccccc1Nc1ccc(NC(=O)Cc2ccccc2F)nc1. The summed E-state index contributed by atoms with van der Waals surface area (Å²) in [5, 5.41) is 6.05. The number of carbonyl (C=O) groups is 1. The van der Waals surface area contributed by atoms with Gasteiger partial charge in [-0.05, 0) is 41.3 Å². The van der Waals surface area contributed by atoms with Crippen LogP contribution in [0.1, 0.15) is 30.9 Å². The first-order valence-electron chi connectivity index (χ1n) is 8.88. The Morgan fingerprint density at radius 1 is 1.04 bits per heavy atom. The van der Waals surface area contributed by atoms with Crippen LogP contribution in [0, 0.1) is 5.82 Å². The van der Waals surface area contributed by atoms with Gasteiger partial charge in [0, 0.05) is 5.69 Å². The van der Waals surface area contributed by atoms with E-state index in [9.17, 15) is 9.18 Å². The number of nitrogens with one attached hydrogen (secondary N) is 2. The van der Waals surface area contributed by atoms with Crippen molar-refractivity contribution in [2.75, 3.05) is 10.6 Å². The predicted molar refractivity (Wildman–Crippen MR) is 107 cm³/mol. The Bertz CT molecular complexity index is 923. The number of anilines is 3. The largest absolute Gasteiger partial charge is 0.354 e. The van der Waals surface area contributed by atoms with Gasteiger partial charge in [0.2, 0.25) is 5.91 Å². The Hall–Kier alpha value is -3.21. The lowest BCUT2D eigenvalue weighted by atomic mass is 10.0. The number of rotatable bonds is 6. The van der Waals surface area contributed by atoms with E-state index in [0.29, 0.717) is 17.3 Å². The van der Waals surface area contributed by atoms with Gasteiger partial charge in [-0.3, -0.25) is 4.79 Å². The summed E-state index contributed by atoms with van der Waals surface area (Å²) in [6.45, 7) is 4.29. The minimum absolute atomic E-state index is 0.0316. The average molecular weight is 363 g/mol. The highest BCUT2D eigenvalue weighted by molar-refractivity contribution is 5.91. The van der Waals surface area contributed by atoms with Crippen molar-refractivity contribution in [2.24, 2.45) is 0 Å². The monoisotopic (exact) mass is 363 g/mol. The molecule has 1 amide bonds. The summed E-state index contributed by atoms with van der Waals surface area (Å²) in [5.74, 6) is 0.139. The van der Waals surface area contributed by atoms with Gasteiger partial charge < -0.3 is 10.6 Å². The van der Waals surface area contributed by atoms with Gasteiger partial charge in [0.05, 0.1) is 18.3 Å². The molecule has 3 rings (SSSR count). The van der Waals surface area contributed by atoms with Gasteiger partial charge in [-0.2, -0.15) is 0 Å². The number of hydrogen-bond donors (Lipinski definition) is 2. The van der Waals surface area contributed by atoms with Crippen LogP contribution in [0.25, 0.3) is 0 Å². The molecule has 27 heavy (non-hydrogen) atoms. The third kappa shape index (κ3) is 4.91. The Labute approximate surface area is 158 Å². The second-order valence-electron chi connectivity index (χ2n) is 6.62. The van der Waals surface area contributed by atoms with E-state index in [4.69, 9.17) is 0 Å². The second kappa shape index (κ2) is 8.45. The first-order chi connectivity index (χ1) is 13.0. The lowest BCUT2D eigenvalue weighted by Gasteiger charge is -2.14. The van der Waals surface area contributed by atoms with Crippen molar-refractivity contribution < 1.29 is 9.18 Å². The summed E-state index contributed by atoms with van der Waals surface area (Å²) in [4.78, 5) is 16.4. The Balaban J connectivity index is 1.64. The molecule has 5 heteroatoms. The number of halogens is 1. The molecule has 0 aliphatic carbocycles. The molecule has 0 aliphatic rings. The number of para-hydroxylation sites is 1. The van der Waals surface area contributed by atoms with Crippen LogP contribution in [0.5, 0.6) is 0 Å². The highest BCUT2D eigenvalue weighted by Crippen LogP contribution is 2.26. The maximum atomic E-state index is 13.6. The molecule has 1 aromatic heterocycles. The third-order valence-electron chi connectivity index (χ3n) is 4.20. The van der Waals surface area contributed by atoms with Crippen LogP contribution in [-0.2, 0) is 11.2 Å². The van der Waals surface area contributed by atoms with Crippen LogP contribution in [0.2, 0.25) is 0 Å². The van der Waals surface area contributed by atoms with Crippen LogP contribution in [0.15, 0.2) is 66.9 Å². The summed E-state index contributed by atoms with van der Waals surface area (Å²) in [5.41, 5.74) is 3.44. The highest BCUT2D eigenvalue weighted by Gasteiger charge is 2.09. The minimum atomic E-state index is -0.385. The maximum Gasteiger partial charge on any atom is 0.230 e. The van der Waals surface area contributed by atoms with Gasteiger partial charge in [-0.1, -0.05) is 50.2 Å². The quantitative estimate of drug-likeness (QED) is 0.627. The fourth-order valence-corrected chi connectivity index (χ4v) is 2.81. The summed E-state index contributed by atoms with van der Waals surface area (Å²) in [7, 11) is 0. The first kappa shape index (κ1) is 18.6. The summed E-state index contributed by atoms with van der Waals surface area (Å²) in [6, 6.07) is 17.9. The van der Waals surface area contributed by atoms with Crippen LogP contribution < -0.4 is 10.6 Å². The fourth-order valence-electron chi connectivity index (χ4n) is 2.81. The lowest BCUT2D eigenvalue weighted by molar-refractivity contribution is -0.115. The average Bonchev–Trinajstić information content (AvgIpc) is 2.65. The molecule has 0 radical (unpaired) electrons. The molecule has 0 unspecified atom stereocenters. The molecule has 0 saturated carbocycles. The molecule has 0 fully saturated rings. The molecule has 0 atom stereocenters. The molecule has 0 bridgehead atoms. The number of benzene rings is 2. The Morgan fingerprint density at radius 3 is 2.48 bits per heavy atom. The molecular formula is C22H22FN3O. The second-order valence-corrected chi connectivity index (χ2v) is 6.62. The van der Waals surface area contributed by atoms with Gasteiger partial charge in [-0.25, -0.2) is 9.37 Å². The van der Waals surface area contributed by atoms with E-state index in [2.05, 4.69) is 35.5 Å². The van der Waals surface area contributed by atoms with Crippen molar-refractivity contribution in [2.45, 2.75) is 26.2 Å². The zero-order valence-electron chi connectivity index (χ0n) is 15.4. The van der Waals surface area contributed by atoms with E-state index in [1.54, 1.807) is 30.5 Å². The van der Waals surface area contributed by atoms with E-state index < -0.39 is 0 Å². The minimum Gasteiger partial charge on any atom is -0.354 e. The Morgan fingerprint density at radius 2 is 1.78 bits per heavy atom. The molecule has 2 N–H and O–H groups in total. The topological polar surface area (TPSA) is 54.0 Å². The molecule has 0 aliphatic heterocycles. The van der Waals surface area contributed by atoms with Crippen molar-refractivity contribution >= 4 is 23.1 Å². The molecule has 0 spiro atoms. The van der Waals surface area contributed by atoms with Gasteiger partial charge in [0.25, 0.3) is 0 Å². The molecule has 1 heterocycles. The van der Waals surface area contributed by atoms with E-state index in [0.717, 1.165) is 11.4 Å². The molecule has 3 aromatic rings. The molecule has 2 aromatic carbocycles. The number of pyridine rings is 1. The number of nitrogens with zero attached hydrogens (tertiary/aromatic N) is 1. The van der Waals surface area contributed by atoms with Crippen LogP contribution in [0.3, 0.4) is 0 Å². The molecule has 138 valence electrons. The summed E-state index contributed by atoms with van der Waals surface area (Å²) in [6.07, 6.45) is 1.63. The first-order valence-corrected chi connectivity index (χ1v) is 8.88. The normalized spacial score (nSPS) is 10.7. The van der Waals surface area contributed by atoms with Crippen molar-refractivity contribution in [1.29, 1.82) is 0 Å². The Kier molecular flexibility index (Phi) is 5.81. The lowest BCUT2D eigenvalue weighted by Crippen LogP contribution is -2.16. The summed E-state index contributed by atoms with van der Waals surface area (Å²) < 4.78 is 13.6. The molecular weight excluding hydrogens is 341 g/mol. The number of hydrogen-bond acceptors (Lipinski definition) is 3. The van der Waals surface area contributed by atoms with Gasteiger partial charge in [-0.15, -0.1) is 0 Å². The van der Waals surface area contributed by atoms with E-state index in [1.807, 2.05) is 24.3 Å². The molecule has 0 saturated heterocycles. The van der Waals surface area contributed by atoms with E-state index >= 15 is 0 Å². The number of aromatic nitrogens is 1. The van der Waals surface area contributed by atoms with Crippen LogP contribution in [-0.4, -0.2) is 10.9 Å². The van der Waals surface area contributed by atoms with Crippen molar-refractivity contribution in [3.05, 3.63) is 83.8 Å². The predicted octanol–water partition coefficient (Wildman–Crippen LogP) is 5.27. The molecule has 4 nitrogen and oxygen atoms in total. The standard InChI is InChI=1S/C22H22FN3O/c1-15(2)18-8-4-6-10-20(18)25-17-11-12-21(24-14-17)26-22(27)13-16-7-3-5-9-19(16)23/h3-12,14-15,25H,13H2,1-2H3,(H,24,26,27). The van der Waals surface area contributed by atoms with Gasteiger partial charge >= 0.3 is 0 Å². The van der Waals surface area contributed by atoms with Gasteiger partial charge in [0.15, 0.2) is 0 Å². The van der Waals surface area contributed by atoms with Crippen molar-refractivity contribution in [1.82, 2.24) is 4.98 Å². The zero-order valence-corrected chi connectivity index (χ0v) is 15.4. The number of carbonyl (C=O) groups excluding carboxylic acids is 1. The van der Waals surface area contributed by atoms with Crippen molar-refractivity contribution in [3.63, 3.8) is 0 Å². The maximum absolute atomic E-state index is 13.6. The summed E-state index contributed by atoms with van der Waals surface area (Å²) >= 11 is 0. The smallest absolute Gasteiger partial charge is 0.230 e. The van der Waals surface area contributed by atoms with Crippen LogP contribution in [0.4, 0.5) is 21.6 Å². The van der Waals surface area contributed by atoms with E-state index in [-0.39, 0.29) is 18.1 Å².